The van der Waals surface area contributed by atoms with Gasteiger partial charge in [-0.25, -0.2) is 0 Å². The number of ketones is 1. The Balaban J connectivity index is 1.52. The zero-order valence-electron chi connectivity index (χ0n) is 11.4. The van der Waals surface area contributed by atoms with Crippen LogP contribution in [0.25, 0.3) is 0 Å². The van der Waals surface area contributed by atoms with E-state index in [9.17, 15) is 4.79 Å². The molecule has 2 heterocycles. The molecule has 1 unspecified atom stereocenters. The number of carbonyl (C=O) groups is 1. The van der Waals surface area contributed by atoms with Gasteiger partial charge in [-0.15, -0.1) is 0 Å². The van der Waals surface area contributed by atoms with E-state index in [1.165, 1.54) is 25.7 Å². The molecule has 1 aliphatic heterocycles. The summed E-state index contributed by atoms with van der Waals surface area (Å²) in [4.78, 5) is 12.0. The molecule has 1 saturated heterocycles. The average Bonchev–Trinajstić information content (AvgIpc) is 3.09. The van der Waals surface area contributed by atoms with Crippen LogP contribution in [0.1, 0.15) is 56.7 Å². The van der Waals surface area contributed by atoms with Crippen molar-refractivity contribution in [3.8, 4) is 0 Å². The van der Waals surface area contributed by atoms with Crippen LogP contribution in [0.4, 0.5) is 0 Å². The summed E-state index contributed by atoms with van der Waals surface area (Å²) < 4.78 is 7.56. The van der Waals surface area contributed by atoms with Crippen molar-refractivity contribution in [1.29, 1.82) is 0 Å². The minimum Gasteiger partial charge on any atom is -0.378 e. The number of rotatable bonds is 5. The van der Waals surface area contributed by atoms with Gasteiger partial charge in [-0.05, 0) is 31.7 Å². The summed E-state index contributed by atoms with van der Waals surface area (Å²) in [6.45, 7) is 0.814. The van der Waals surface area contributed by atoms with Crippen LogP contribution in [-0.4, -0.2) is 28.3 Å². The third kappa shape index (κ3) is 3.24. The number of hydrogen-bond acceptors (Lipinski definition) is 3. The average molecular weight is 262 g/mol. The minimum atomic E-state index is 0.157. The van der Waals surface area contributed by atoms with Crippen molar-refractivity contribution >= 4 is 5.78 Å². The smallest absolute Gasteiger partial charge is 0.141 e. The Hall–Kier alpha value is -1.16. The van der Waals surface area contributed by atoms with Crippen LogP contribution in [0.15, 0.2) is 12.3 Å². The molecular weight excluding hydrogens is 240 g/mol. The molecule has 0 bridgehead atoms. The van der Waals surface area contributed by atoms with E-state index in [1.54, 1.807) is 0 Å². The highest BCUT2D eigenvalue weighted by molar-refractivity contribution is 5.80. The molecule has 4 nitrogen and oxygen atoms in total. The summed E-state index contributed by atoms with van der Waals surface area (Å²) in [7, 11) is 0. The predicted molar refractivity (Wildman–Crippen MR) is 72.0 cm³/mol. The molecule has 1 aliphatic carbocycles. The lowest BCUT2D eigenvalue weighted by Gasteiger charge is -2.09. The van der Waals surface area contributed by atoms with Gasteiger partial charge in [-0.2, -0.15) is 5.10 Å². The van der Waals surface area contributed by atoms with Crippen LogP contribution >= 0.6 is 0 Å². The highest BCUT2D eigenvalue weighted by Gasteiger charge is 2.21. The predicted octanol–water partition coefficient (Wildman–Crippen LogP) is 2.68. The van der Waals surface area contributed by atoms with Gasteiger partial charge >= 0.3 is 0 Å². The number of ether oxygens (including phenoxy) is 1. The van der Waals surface area contributed by atoms with Gasteiger partial charge in [-0.1, -0.05) is 12.8 Å². The van der Waals surface area contributed by atoms with Crippen LogP contribution in [0.3, 0.4) is 0 Å². The lowest BCUT2D eigenvalue weighted by molar-refractivity contribution is -0.120. The minimum absolute atomic E-state index is 0.157. The van der Waals surface area contributed by atoms with Crippen molar-refractivity contribution in [2.75, 3.05) is 6.61 Å². The molecule has 4 heteroatoms. The van der Waals surface area contributed by atoms with Gasteiger partial charge in [0.2, 0.25) is 0 Å². The summed E-state index contributed by atoms with van der Waals surface area (Å²) in [5.41, 5.74) is 0.912. The standard InChI is InChI=1S/C15H22N2O2/c18-14(11-15-6-3-9-19-15)10-12-7-8-17(16-12)13-4-1-2-5-13/h7-8,13,15H,1-6,9-11H2. The van der Waals surface area contributed by atoms with Gasteiger partial charge in [0.25, 0.3) is 0 Å². The van der Waals surface area contributed by atoms with Crippen molar-refractivity contribution in [3.05, 3.63) is 18.0 Å². The van der Waals surface area contributed by atoms with E-state index < -0.39 is 0 Å². The first-order chi connectivity index (χ1) is 9.31. The monoisotopic (exact) mass is 262 g/mol. The van der Waals surface area contributed by atoms with E-state index in [0.29, 0.717) is 18.9 Å². The lowest BCUT2D eigenvalue weighted by Crippen LogP contribution is -2.15. The molecule has 19 heavy (non-hydrogen) atoms. The number of aromatic nitrogens is 2. The molecule has 104 valence electrons. The third-order valence-corrected chi connectivity index (χ3v) is 4.22. The topological polar surface area (TPSA) is 44.1 Å². The molecule has 3 rings (SSSR count). The second kappa shape index (κ2) is 5.87. The molecular formula is C15H22N2O2. The Morgan fingerprint density at radius 1 is 1.32 bits per heavy atom. The number of Topliss-reactive ketones (excluding diaryl/α,β-unsaturated/α-hetero) is 1. The quantitative estimate of drug-likeness (QED) is 0.819. The summed E-state index contributed by atoms with van der Waals surface area (Å²) in [6.07, 6.45) is 10.4. The zero-order chi connectivity index (χ0) is 13.1. The SMILES string of the molecule is O=C(Cc1ccn(C2CCCC2)n1)CC1CCCO1. The maximum Gasteiger partial charge on any atom is 0.141 e. The first kappa shape index (κ1) is 12.9. The number of hydrogen-bond donors (Lipinski definition) is 0. The first-order valence-electron chi connectivity index (χ1n) is 7.48. The highest BCUT2D eigenvalue weighted by Crippen LogP contribution is 2.28. The van der Waals surface area contributed by atoms with Gasteiger partial charge in [0.05, 0.1) is 24.3 Å². The van der Waals surface area contributed by atoms with E-state index in [4.69, 9.17) is 4.74 Å². The number of carbonyl (C=O) groups excluding carboxylic acids is 1. The summed E-state index contributed by atoms with van der Waals surface area (Å²) in [5.74, 6) is 0.253. The molecule has 2 aliphatic rings. The molecule has 1 aromatic rings. The van der Waals surface area contributed by atoms with Crippen molar-refractivity contribution in [2.45, 2.75) is 63.5 Å². The molecule has 1 aromatic heterocycles. The number of nitrogens with zero attached hydrogens (tertiary/aromatic N) is 2. The van der Waals surface area contributed by atoms with Crippen LogP contribution < -0.4 is 0 Å². The molecule has 1 atom stereocenters. The Bertz CT molecular complexity index is 429. The summed E-state index contributed by atoms with van der Waals surface area (Å²) in [5, 5.41) is 4.56. The van der Waals surface area contributed by atoms with Crippen molar-refractivity contribution < 1.29 is 9.53 Å². The van der Waals surface area contributed by atoms with Gasteiger partial charge in [0, 0.05) is 19.2 Å². The molecule has 0 N–H and O–H groups in total. The zero-order valence-corrected chi connectivity index (χ0v) is 11.4. The van der Waals surface area contributed by atoms with Crippen LogP contribution in [-0.2, 0) is 16.0 Å². The van der Waals surface area contributed by atoms with E-state index in [2.05, 4.69) is 9.78 Å². The van der Waals surface area contributed by atoms with E-state index >= 15 is 0 Å². The fraction of sp³-hybridized carbons (Fsp3) is 0.733. The van der Waals surface area contributed by atoms with Gasteiger partial charge < -0.3 is 4.74 Å². The van der Waals surface area contributed by atoms with E-state index in [0.717, 1.165) is 25.1 Å². The fourth-order valence-electron chi connectivity index (χ4n) is 3.18. The molecule has 0 aromatic carbocycles. The summed E-state index contributed by atoms with van der Waals surface area (Å²) >= 11 is 0. The Morgan fingerprint density at radius 2 is 2.16 bits per heavy atom. The van der Waals surface area contributed by atoms with Crippen LogP contribution in [0.5, 0.6) is 0 Å². The fourth-order valence-corrected chi connectivity index (χ4v) is 3.18. The maximum absolute atomic E-state index is 12.0. The second-order valence-electron chi connectivity index (χ2n) is 5.78. The summed E-state index contributed by atoms with van der Waals surface area (Å²) in [6, 6.07) is 2.55. The second-order valence-corrected chi connectivity index (χ2v) is 5.78. The lowest BCUT2D eigenvalue weighted by atomic mass is 10.1. The van der Waals surface area contributed by atoms with Crippen molar-refractivity contribution in [1.82, 2.24) is 9.78 Å². The van der Waals surface area contributed by atoms with E-state index in [1.807, 2.05) is 12.3 Å². The maximum atomic E-state index is 12.0. The Morgan fingerprint density at radius 3 is 2.89 bits per heavy atom. The molecule has 1 saturated carbocycles. The van der Waals surface area contributed by atoms with E-state index in [-0.39, 0.29) is 11.9 Å². The largest absolute Gasteiger partial charge is 0.378 e. The molecule has 0 radical (unpaired) electrons. The molecule has 0 spiro atoms. The van der Waals surface area contributed by atoms with Gasteiger partial charge in [0.15, 0.2) is 0 Å². The first-order valence-corrected chi connectivity index (χ1v) is 7.48. The Labute approximate surface area is 114 Å². The van der Waals surface area contributed by atoms with Gasteiger partial charge in [0.1, 0.15) is 5.78 Å². The van der Waals surface area contributed by atoms with Crippen molar-refractivity contribution in [2.24, 2.45) is 0 Å². The molecule has 2 fully saturated rings. The Kier molecular flexibility index (Phi) is 3.97. The van der Waals surface area contributed by atoms with Crippen molar-refractivity contribution in [3.63, 3.8) is 0 Å². The van der Waals surface area contributed by atoms with Crippen LogP contribution in [0, 0.1) is 0 Å². The van der Waals surface area contributed by atoms with Crippen LogP contribution in [0.2, 0.25) is 0 Å². The molecule has 0 amide bonds. The normalized spacial score (nSPS) is 24.1. The third-order valence-electron chi connectivity index (χ3n) is 4.22. The highest BCUT2D eigenvalue weighted by atomic mass is 16.5. The van der Waals surface area contributed by atoms with Gasteiger partial charge in [-0.3, -0.25) is 9.48 Å².